The van der Waals surface area contributed by atoms with E-state index in [1.807, 2.05) is 52.4 Å². The number of hydrogen-bond donors (Lipinski definition) is 1. The second-order valence-electron chi connectivity index (χ2n) is 5.83. The van der Waals surface area contributed by atoms with E-state index < -0.39 is 5.60 Å². The number of aryl methyl sites for hydroxylation is 2. The zero-order valence-corrected chi connectivity index (χ0v) is 13.3. The van der Waals surface area contributed by atoms with Gasteiger partial charge in [-0.15, -0.1) is 0 Å². The molecule has 1 aromatic heterocycles. The van der Waals surface area contributed by atoms with Crippen molar-refractivity contribution in [2.45, 2.75) is 46.6 Å². The quantitative estimate of drug-likeness (QED) is 0.862. The number of nitrogens with zero attached hydrogens (tertiary/aromatic N) is 2. The number of aromatic nitrogens is 2. The number of amides is 1. The Bertz CT molecular complexity index is 496. The highest BCUT2D eigenvalue weighted by Gasteiger charge is 2.15. The number of rotatable bonds is 4. The second kappa shape index (κ2) is 6.59. The average molecular weight is 279 g/mol. The van der Waals surface area contributed by atoms with Crippen LogP contribution >= 0.6 is 0 Å². The minimum atomic E-state index is -0.455. The maximum Gasteiger partial charge on any atom is 0.407 e. The highest BCUT2D eigenvalue weighted by Crippen LogP contribution is 2.13. The molecule has 1 aromatic rings. The van der Waals surface area contributed by atoms with Crippen molar-refractivity contribution in [1.29, 1.82) is 0 Å². The maximum absolute atomic E-state index is 11.4. The molecule has 0 unspecified atom stereocenters. The third kappa shape index (κ3) is 5.07. The molecule has 5 nitrogen and oxygen atoms in total. The summed E-state index contributed by atoms with van der Waals surface area (Å²) in [4.78, 5) is 11.4. The number of ether oxygens (including phenoxy) is 1. The molecule has 1 amide bonds. The largest absolute Gasteiger partial charge is 0.444 e. The smallest absolute Gasteiger partial charge is 0.407 e. The van der Waals surface area contributed by atoms with E-state index in [2.05, 4.69) is 16.5 Å². The van der Waals surface area contributed by atoms with Crippen molar-refractivity contribution >= 4 is 12.2 Å². The van der Waals surface area contributed by atoms with E-state index in [0.29, 0.717) is 6.54 Å². The first kappa shape index (κ1) is 16.3. The molecule has 1 rings (SSSR count). The van der Waals surface area contributed by atoms with Gasteiger partial charge in [-0.1, -0.05) is 12.2 Å². The molecule has 0 saturated carbocycles. The fraction of sp³-hybridized carbons (Fsp3) is 0.600. The molecule has 0 bridgehead atoms. The summed E-state index contributed by atoms with van der Waals surface area (Å²) in [6.45, 7) is 10.1. The van der Waals surface area contributed by atoms with Gasteiger partial charge in [0.15, 0.2) is 0 Å². The van der Waals surface area contributed by atoms with E-state index in [9.17, 15) is 4.79 Å². The summed E-state index contributed by atoms with van der Waals surface area (Å²) >= 11 is 0. The van der Waals surface area contributed by atoms with Gasteiger partial charge in [-0.3, -0.25) is 4.68 Å². The Morgan fingerprint density at radius 3 is 2.55 bits per heavy atom. The molecule has 0 aliphatic rings. The molecule has 1 N–H and O–H groups in total. The third-order valence-electron chi connectivity index (χ3n) is 2.83. The topological polar surface area (TPSA) is 56.2 Å². The Hall–Kier alpha value is -1.78. The van der Waals surface area contributed by atoms with Gasteiger partial charge in [-0.25, -0.2) is 4.79 Å². The first-order chi connectivity index (χ1) is 9.20. The number of nitrogens with one attached hydrogen (secondary N) is 1. The van der Waals surface area contributed by atoms with Crippen LogP contribution in [0.1, 0.15) is 44.1 Å². The Labute approximate surface area is 121 Å². The van der Waals surface area contributed by atoms with Crippen LogP contribution in [0.2, 0.25) is 0 Å². The zero-order chi connectivity index (χ0) is 15.3. The molecule has 5 heteroatoms. The van der Waals surface area contributed by atoms with Crippen molar-refractivity contribution in [3.63, 3.8) is 0 Å². The number of carbonyl (C=O) groups excluding carboxylic acids is 1. The van der Waals surface area contributed by atoms with Crippen molar-refractivity contribution in [2.24, 2.45) is 7.05 Å². The van der Waals surface area contributed by atoms with Gasteiger partial charge in [0.1, 0.15) is 5.60 Å². The molecule has 0 saturated heterocycles. The lowest BCUT2D eigenvalue weighted by Gasteiger charge is -2.19. The van der Waals surface area contributed by atoms with Gasteiger partial charge in [0.05, 0.1) is 5.69 Å². The molecule has 0 aliphatic carbocycles. The van der Waals surface area contributed by atoms with Gasteiger partial charge in [0, 0.05) is 24.8 Å². The molecule has 20 heavy (non-hydrogen) atoms. The molecule has 0 fully saturated rings. The van der Waals surface area contributed by atoms with Crippen molar-refractivity contribution < 1.29 is 9.53 Å². The molecule has 0 radical (unpaired) electrons. The van der Waals surface area contributed by atoms with Crippen LogP contribution in [0.5, 0.6) is 0 Å². The summed E-state index contributed by atoms with van der Waals surface area (Å²) in [7, 11) is 1.93. The van der Waals surface area contributed by atoms with Gasteiger partial charge in [-0.2, -0.15) is 5.10 Å². The molecular formula is C15H25N3O2. The summed E-state index contributed by atoms with van der Waals surface area (Å²) in [6.07, 6.45) is 4.47. The monoisotopic (exact) mass is 279 g/mol. The van der Waals surface area contributed by atoms with Crippen LogP contribution in [-0.4, -0.2) is 28.0 Å². The Kier molecular flexibility index (Phi) is 5.36. The Morgan fingerprint density at radius 2 is 2.05 bits per heavy atom. The lowest BCUT2D eigenvalue weighted by Crippen LogP contribution is -2.32. The lowest BCUT2D eigenvalue weighted by atomic mass is 10.2. The Balaban J connectivity index is 2.38. The molecular weight excluding hydrogens is 254 g/mol. The summed E-state index contributed by atoms with van der Waals surface area (Å²) in [6, 6.07) is 0. The molecule has 0 aromatic carbocycles. The van der Waals surface area contributed by atoms with Gasteiger partial charge >= 0.3 is 6.09 Å². The molecule has 0 spiro atoms. The van der Waals surface area contributed by atoms with Crippen molar-refractivity contribution in [2.75, 3.05) is 6.54 Å². The lowest BCUT2D eigenvalue weighted by molar-refractivity contribution is 0.0529. The second-order valence-corrected chi connectivity index (χ2v) is 5.83. The van der Waals surface area contributed by atoms with Crippen LogP contribution in [0, 0.1) is 13.8 Å². The molecule has 1 heterocycles. The number of carbonyl (C=O) groups is 1. The third-order valence-corrected chi connectivity index (χ3v) is 2.83. The molecule has 0 atom stereocenters. The highest BCUT2D eigenvalue weighted by atomic mass is 16.6. The van der Waals surface area contributed by atoms with Crippen LogP contribution in [0.4, 0.5) is 4.79 Å². The van der Waals surface area contributed by atoms with Gasteiger partial charge in [0.2, 0.25) is 0 Å². The summed E-state index contributed by atoms with van der Waals surface area (Å²) in [5, 5.41) is 7.08. The number of alkyl carbamates (subject to hydrolysis) is 1. The number of hydrogen-bond acceptors (Lipinski definition) is 3. The van der Waals surface area contributed by atoms with Gasteiger partial charge < -0.3 is 10.1 Å². The van der Waals surface area contributed by atoms with E-state index in [0.717, 1.165) is 23.4 Å². The summed E-state index contributed by atoms with van der Waals surface area (Å²) in [5.41, 5.74) is 2.84. The van der Waals surface area contributed by atoms with Crippen LogP contribution < -0.4 is 5.32 Å². The fourth-order valence-corrected chi connectivity index (χ4v) is 1.80. The normalized spacial score (nSPS) is 11.9. The zero-order valence-electron chi connectivity index (χ0n) is 13.3. The predicted octanol–water partition coefficient (Wildman–Crippen LogP) is 2.96. The minimum absolute atomic E-state index is 0.375. The standard InChI is InChI=1S/C15H25N3O2/c1-11-13(12(2)18(6)17-11)9-7-8-10-16-14(19)20-15(3,4)5/h7,9H,8,10H2,1-6H3,(H,16,19). The molecule has 112 valence electrons. The van der Waals surface area contributed by atoms with E-state index >= 15 is 0 Å². The highest BCUT2D eigenvalue weighted by molar-refractivity contribution is 5.67. The first-order valence-corrected chi connectivity index (χ1v) is 6.84. The maximum atomic E-state index is 11.4. The van der Waals surface area contributed by atoms with E-state index in [1.165, 1.54) is 0 Å². The fourth-order valence-electron chi connectivity index (χ4n) is 1.80. The van der Waals surface area contributed by atoms with Crippen molar-refractivity contribution in [3.05, 3.63) is 23.0 Å². The van der Waals surface area contributed by atoms with E-state index in [-0.39, 0.29) is 6.09 Å². The van der Waals surface area contributed by atoms with Crippen molar-refractivity contribution in [1.82, 2.24) is 15.1 Å². The van der Waals surface area contributed by atoms with Gasteiger partial charge in [-0.05, 0) is 41.0 Å². The minimum Gasteiger partial charge on any atom is -0.444 e. The summed E-state index contributed by atoms with van der Waals surface area (Å²) < 4.78 is 7.03. The van der Waals surface area contributed by atoms with E-state index in [4.69, 9.17) is 4.74 Å². The first-order valence-electron chi connectivity index (χ1n) is 6.84. The van der Waals surface area contributed by atoms with Crippen LogP contribution in [-0.2, 0) is 11.8 Å². The summed E-state index contributed by atoms with van der Waals surface area (Å²) in [5.74, 6) is 0. The average Bonchev–Trinajstić information content (AvgIpc) is 2.52. The SMILES string of the molecule is Cc1nn(C)c(C)c1C=CCCNC(=O)OC(C)(C)C. The van der Waals surface area contributed by atoms with Crippen LogP contribution in [0.15, 0.2) is 6.08 Å². The van der Waals surface area contributed by atoms with Crippen LogP contribution in [0.25, 0.3) is 6.08 Å². The van der Waals surface area contributed by atoms with Crippen molar-refractivity contribution in [3.8, 4) is 0 Å². The van der Waals surface area contributed by atoms with Crippen LogP contribution in [0.3, 0.4) is 0 Å². The molecule has 0 aliphatic heterocycles. The van der Waals surface area contributed by atoms with E-state index in [1.54, 1.807) is 0 Å². The van der Waals surface area contributed by atoms with Gasteiger partial charge in [0.25, 0.3) is 0 Å². The Morgan fingerprint density at radius 1 is 1.40 bits per heavy atom. The predicted molar refractivity (Wildman–Crippen MR) is 80.6 cm³/mol.